The van der Waals surface area contributed by atoms with Crippen molar-refractivity contribution in [1.29, 1.82) is 0 Å². The van der Waals surface area contributed by atoms with Gasteiger partial charge in [-0.05, 0) is 30.9 Å². The summed E-state index contributed by atoms with van der Waals surface area (Å²) >= 11 is 0. The van der Waals surface area contributed by atoms with E-state index in [4.69, 9.17) is 0 Å². The Kier molecular flexibility index (Phi) is 4.37. The van der Waals surface area contributed by atoms with Gasteiger partial charge in [-0.3, -0.25) is 19.7 Å². The Morgan fingerprint density at radius 1 is 1.33 bits per heavy atom. The Morgan fingerprint density at radius 3 is 2.96 bits per heavy atom. The largest absolute Gasteiger partial charge is 0.350 e. The molecule has 1 aliphatic carbocycles. The van der Waals surface area contributed by atoms with Gasteiger partial charge in [0, 0.05) is 30.3 Å². The number of benzene rings is 1. The first-order valence-electron chi connectivity index (χ1n) is 7.67. The summed E-state index contributed by atoms with van der Waals surface area (Å²) in [6.07, 6.45) is 2.77. The number of amides is 1. The summed E-state index contributed by atoms with van der Waals surface area (Å²) in [5.41, 5.74) is 1.84. The van der Waals surface area contributed by atoms with Crippen LogP contribution >= 0.6 is 0 Å². The molecule has 1 aromatic carbocycles. The van der Waals surface area contributed by atoms with Crippen LogP contribution in [0.15, 0.2) is 35.1 Å². The van der Waals surface area contributed by atoms with Gasteiger partial charge in [0.05, 0.1) is 17.2 Å². The minimum absolute atomic E-state index is 0.140. The number of carbonyl (C=O) groups excluding carboxylic acids is 1. The van der Waals surface area contributed by atoms with Gasteiger partial charge in [-0.15, -0.1) is 0 Å². The summed E-state index contributed by atoms with van der Waals surface area (Å²) in [6, 6.07) is 7.11. The molecule has 8 heteroatoms. The van der Waals surface area contributed by atoms with E-state index in [2.05, 4.69) is 10.4 Å². The molecule has 1 aliphatic rings. The summed E-state index contributed by atoms with van der Waals surface area (Å²) in [5, 5.41) is 17.7. The first kappa shape index (κ1) is 15.9. The number of nitro groups is 1. The molecule has 1 amide bonds. The molecule has 0 bridgehead atoms. The third kappa shape index (κ3) is 3.32. The predicted octanol–water partition coefficient (Wildman–Crippen LogP) is 1.07. The van der Waals surface area contributed by atoms with Crippen LogP contribution in [0.4, 0.5) is 5.69 Å². The normalized spacial score (nSPS) is 12.7. The van der Waals surface area contributed by atoms with Crippen LogP contribution in [0.3, 0.4) is 0 Å². The van der Waals surface area contributed by atoms with E-state index >= 15 is 0 Å². The molecule has 124 valence electrons. The lowest BCUT2D eigenvalue weighted by Crippen LogP contribution is -2.32. The zero-order chi connectivity index (χ0) is 17.1. The van der Waals surface area contributed by atoms with Gasteiger partial charge in [0.1, 0.15) is 0 Å². The molecule has 0 atom stereocenters. The van der Waals surface area contributed by atoms with Crippen molar-refractivity contribution in [3.05, 3.63) is 67.6 Å². The highest BCUT2D eigenvalue weighted by atomic mass is 16.6. The quantitative estimate of drug-likeness (QED) is 0.652. The summed E-state index contributed by atoms with van der Waals surface area (Å²) in [4.78, 5) is 34.2. The Balaban J connectivity index is 1.62. The maximum atomic E-state index is 12.0. The first-order chi connectivity index (χ1) is 11.5. The molecule has 8 nitrogen and oxygen atoms in total. The van der Waals surface area contributed by atoms with E-state index in [1.165, 1.54) is 28.9 Å². The van der Waals surface area contributed by atoms with Crippen molar-refractivity contribution < 1.29 is 9.72 Å². The van der Waals surface area contributed by atoms with Crippen LogP contribution in [0, 0.1) is 10.1 Å². The number of aryl methyl sites for hydroxylation is 2. The second kappa shape index (κ2) is 6.61. The van der Waals surface area contributed by atoms with Crippen molar-refractivity contribution in [2.75, 3.05) is 6.54 Å². The van der Waals surface area contributed by atoms with E-state index in [9.17, 15) is 19.7 Å². The average Bonchev–Trinajstić information content (AvgIpc) is 3.02. The molecular formula is C16H16N4O4. The highest BCUT2D eigenvalue weighted by Crippen LogP contribution is 2.16. The van der Waals surface area contributed by atoms with Crippen molar-refractivity contribution in [1.82, 2.24) is 15.1 Å². The fraction of sp³-hybridized carbons (Fsp3) is 0.312. The van der Waals surface area contributed by atoms with Crippen molar-refractivity contribution in [3.8, 4) is 0 Å². The van der Waals surface area contributed by atoms with E-state index < -0.39 is 10.8 Å². The number of non-ortho nitro benzene ring substituents is 1. The van der Waals surface area contributed by atoms with Crippen LogP contribution in [-0.2, 0) is 19.4 Å². The molecule has 0 spiro atoms. The van der Waals surface area contributed by atoms with E-state index in [1.807, 2.05) is 0 Å². The fourth-order valence-electron chi connectivity index (χ4n) is 2.74. The minimum Gasteiger partial charge on any atom is -0.350 e. The smallest absolute Gasteiger partial charge is 0.270 e. The van der Waals surface area contributed by atoms with Crippen LogP contribution in [0.2, 0.25) is 0 Å². The molecule has 0 fully saturated rings. The van der Waals surface area contributed by atoms with Crippen molar-refractivity contribution >= 4 is 11.6 Å². The van der Waals surface area contributed by atoms with Gasteiger partial charge in [-0.1, -0.05) is 6.07 Å². The van der Waals surface area contributed by atoms with E-state index in [-0.39, 0.29) is 29.9 Å². The highest BCUT2D eigenvalue weighted by Gasteiger charge is 2.15. The van der Waals surface area contributed by atoms with Crippen LogP contribution in [0.25, 0.3) is 0 Å². The molecule has 0 saturated carbocycles. The molecule has 0 unspecified atom stereocenters. The zero-order valence-corrected chi connectivity index (χ0v) is 12.9. The maximum Gasteiger partial charge on any atom is 0.270 e. The number of aromatic nitrogens is 2. The van der Waals surface area contributed by atoms with E-state index in [1.54, 1.807) is 6.07 Å². The average molecular weight is 328 g/mol. The number of hydrogen-bond acceptors (Lipinski definition) is 5. The van der Waals surface area contributed by atoms with Crippen molar-refractivity contribution in [2.45, 2.75) is 25.8 Å². The molecule has 0 saturated heterocycles. The predicted molar refractivity (Wildman–Crippen MR) is 86.0 cm³/mol. The SMILES string of the molecule is O=C(NCCn1nc2c(cc1=O)CCC2)c1cccc([N+](=O)[O-])c1. The van der Waals surface area contributed by atoms with Gasteiger partial charge in [0.2, 0.25) is 0 Å². The number of fused-ring (bicyclic) bond motifs is 1. The Labute approximate surface area is 137 Å². The summed E-state index contributed by atoms with van der Waals surface area (Å²) in [6.45, 7) is 0.472. The summed E-state index contributed by atoms with van der Waals surface area (Å²) in [7, 11) is 0. The van der Waals surface area contributed by atoms with Gasteiger partial charge in [0.15, 0.2) is 0 Å². The number of carbonyl (C=O) groups is 1. The standard InChI is InChI=1S/C16H16N4O4/c21-15-10-11-3-2-6-14(11)18-19(15)8-7-17-16(22)12-4-1-5-13(9-12)20(23)24/h1,4-5,9-10H,2-3,6-8H2,(H,17,22). The van der Waals surface area contributed by atoms with Gasteiger partial charge in [-0.25, -0.2) is 4.68 Å². The Hall–Kier alpha value is -3.03. The third-order valence-corrected chi connectivity index (χ3v) is 3.95. The molecule has 1 N–H and O–H groups in total. The lowest BCUT2D eigenvalue weighted by atomic mass is 10.2. The van der Waals surface area contributed by atoms with Gasteiger partial charge >= 0.3 is 0 Å². The fourth-order valence-corrected chi connectivity index (χ4v) is 2.74. The molecule has 0 radical (unpaired) electrons. The number of nitrogens with one attached hydrogen (secondary N) is 1. The van der Waals surface area contributed by atoms with Crippen LogP contribution in [0.5, 0.6) is 0 Å². The molecule has 0 aliphatic heterocycles. The maximum absolute atomic E-state index is 12.0. The van der Waals surface area contributed by atoms with Crippen LogP contribution in [-0.4, -0.2) is 27.2 Å². The zero-order valence-electron chi connectivity index (χ0n) is 12.9. The monoisotopic (exact) mass is 328 g/mol. The number of nitrogens with zero attached hydrogens (tertiary/aromatic N) is 3. The molecule has 2 aromatic rings. The number of nitro benzene ring substituents is 1. The van der Waals surface area contributed by atoms with Gasteiger partial charge in [-0.2, -0.15) is 5.10 Å². The molecule has 3 rings (SSSR count). The van der Waals surface area contributed by atoms with E-state index in [0.29, 0.717) is 0 Å². The second-order valence-corrected chi connectivity index (χ2v) is 5.59. The molecule has 24 heavy (non-hydrogen) atoms. The summed E-state index contributed by atoms with van der Waals surface area (Å²) < 4.78 is 1.35. The minimum atomic E-state index is -0.551. The van der Waals surface area contributed by atoms with Crippen molar-refractivity contribution in [2.24, 2.45) is 0 Å². The molecular weight excluding hydrogens is 312 g/mol. The Bertz CT molecular complexity index is 859. The van der Waals surface area contributed by atoms with E-state index in [0.717, 1.165) is 30.5 Å². The van der Waals surface area contributed by atoms with Crippen molar-refractivity contribution in [3.63, 3.8) is 0 Å². The number of hydrogen-bond donors (Lipinski definition) is 1. The number of rotatable bonds is 5. The topological polar surface area (TPSA) is 107 Å². The second-order valence-electron chi connectivity index (χ2n) is 5.59. The Morgan fingerprint density at radius 2 is 2.17 bits per heavy atom. The lowest BCUT2D eigenvalue weighted by molar-refractivity contribution is -0.384. The third-order valence-electron chi connectivity index (χ3n) is 3.95. The van der Waals surface area contributed by atoms with Crippen LogP contribution < -0.4 is 10.9 Å². The van der Waals surface area contributed by atoms with Gasteiger partial charge < -0.3 is 5.32 Å². The molecule has 1 aromatic heterocycles. The lowest BCUT2D eigenvalue weighted by Gasteiger charge is -2.08. The molecule has 1 heterocycles. The highest BCUT2D eigenvalue weighted by molar-refractivity contribution is 5.94. The van der Waals surface area contributed by atoms with Crippen LogP contribution in [0.1, 0.15) is 28.0 Å². The van der Waals surface area contributed by atoms with Gasteiger partial charge in [0.25, 0.3) is 17.2 Å². The first-order valence-corrected chi connectivity index (χ1v) is 7.67. The summed E-state index contributed by atoms with van der Waals surface area (Å²) in [5.74, 6) is -0.423.